The van der Waals surface area contributed by atoms with Crippen LogP contribution in [0.25, 0.3) is 0 Å². The lowest BCUT2D eigenvalue weighted by Gasteiger charge is -2.21. The smallest absolute Gasteiger partial charge is 0.222 e. The van der Waals surface area contributed by atoms with Crippen molar-refractivity contribution in [2.45, 2.75) is 39.5 Å². The van der Waals surface area contributed by atoms with Crippen LogP contribution in [-0.2, 0) is 11.2 Å². The predicted molar refractivity (Wildman–Crippen MR) is 85.0 cm³/mol. The quantitative estimate of drug-likeness (QED) is 0.701. The van der Waals surface area contributed by atoms with Crippen molar-refractivity contribution in [1.29, 1.82) is 0 Å². The minimum atomic E-state index is 0.204. The lowest BCUT2D eigenvalue weighted by Crippen LogP contribution is -2.31. The number of rotatable bonds is 9. The molecule has 21 heavy (non-hydrogen) atoms. The highest BCUT2D eigenvalue weighted by molar-refractivity contribution is 5.76. The van der Waals surface area contributed by atoms with E-state index in [2.05, 4.69) is 6.92 Å². The molecule has 0 N–H and O–H groups in total. The summed E-state index contributed by atoms with van der Waals surface area (Å²) in [5, 5.41) is 0. The average molecular weight is 293 g/mol. The Morgan fingerprint density at radius 2 is 1.95 bits per heavy atom. The Morgan fingerprint density at radius 3 is 2.52 bits per heavy atom. The first-order valence-corrected chi connectivity index (χ1v) is 7.64. The Bertz CT molecular complexity index is 446. The van der Waals surface area contributed by atoms with Gasteiger partial charge in [-0.2, -0.15) is 0 Å². The average Bonchev–Trinajstić information content (AvgIpc) is 2.53. The van der Waals surface area contributed by atoms with Gasteiger partial charge < -0.3 is 14.4 Å². The molecule has 0 heterocycles. The molecule has 0 saturated carbocycles. The van der Waals surface area contributed by atoms with Crippen molar-refractivity contribution in [2.24, 2.45) is 0 Å². The molecule has 4 nitrogen and oxygen atoms in total. The fraction of sp³-hybridized carbons (Fsp3) is 0.588. The van der Waals surface area contributed by atoms with Crippen molar-refractivity contribution < 1.29 is 14.3 Å². The second-order valence-corrected chi connectivity index (χ2v) is 5.00. The summed E-state index contributed by atoms with van der Waals surface area (Å²) < 4.78 is 10.6. The van der Waals surface area contributed by atoms with Gasteiger partial charge in [-0.3, -0.25) is 4.79 Å². The molecule has 1 aromatic rings. The van der Waals surface area contributed by atoms with Crippen LogP contribution in [-0.4, -0.2) is 38.1 Å². The number of carbonyl (C=O) groups is 1. The van der Waals surface area contributed by atoms with Crippen LogP contribution < -0.4 is 9.47 Å². The standard InChI is InChI=1S/C17H27NO3/c1-5-7-12-18(6-2)17(19)11-8-14-13-15(20-3)9-10-16(14)21-4/h9-10,13H,5-8,11-12H2,1-4H3. The van der Waals surface area contributed by atoms with Crippen molar-refractivity contribution >= 4 is 5.91 Å². The molecule has 0 bridgehead atoms. The number of hydrogen-bond acceptors (Lipinski definition) is 3. The van der Waals surface area contributed by atoms with Crippen molar-refractivity contribution in [1.82, 2.24) is 4.90 Å². The van der Waals surface area contributed by atoms with Crippen LogP contribution in [0.3, 0.4) is 0 Å². The largest absolute Gasteiger partial charge is 0.497 e. The van der Waals surface area contributed by atoms with E-state index in [0.29, 0.717) is 12.8 Å². The van der Waals surface area contributed by atoms with E-state index in [4.69, 9.17) is 9.47 Å². The van der Waals surface area contributed by atoms with E-state index in [9.17, 15) is 4.79 Å². The third kappa shape index (κ3) is 5.29. The van der Waals surface area contributed by atoms with E-state index in [0.717, 1.165) is 43.0 Å². The van der Waals surface area contributed by atoms with E-state index in [-0.39, 0.29) is 5.91 Å². The van der Waals surface area contributed by atoms with E-state index in [1.807, 2.05) is 30.0 Å². The first kappa shape index (κ1) is 17.3. The molecular formula is C17H27NO3. The van der Waals surface area contributed by atoms with Crippen LogP contribution in [0.15, 0.2) is 18.2 Å². The number of hydrogen-bond donors (Lipinski definition) is 0. The molecule has 0 aliphatic rings. The summed E-state index contributed by atoms with van der Waals surface area (Å²) >= 11 is 0. The molecule has 0 radical (unpaired) electrons. The minimum Gasteiger partial charge on any atom is -0.497 e. The van der Waals surface area contributed by atoms with Gasteiger partial charge in [-0.05, 0) is 43.5 Å². The molecular weight excluding hydrogens is 266 g/mol. The Labute approximate surface area is 128 Å². The first-order chi connectivity index (χ1) is 10.2. The molecule has 1 aromatic carbocycles. The number of unbranched alkanes of at least 4 members (excludes halogenated alkanes) is 1. The fourth-order valence-electron chi connectivity index (χ4n) is 2.29. The van der Waals surface area contributed by atoms with Gasteiger partial charge in [-0.15, -0.1) is 0 Å². The van der Waals surface area contributed by atoms with Crippen LogP contribution in [0.5, 0.6) is 11.5 Å². The summed E-state index contributed by atoms with van der Waals surface area (Å²) in [5.74, 6) is 1.80. The number of amides is 1. The van der Waals surface area contributed by atoms with Crippen LogP contribution >= 0.6 is 0 Å². The number of nitrogens with zero attached hydrogens (tertiary/aromatic N) is 1. The minimum absolute atomic E-state index is 0.204. The van der Waals surface area contributed by atoms with Crippen molar-refractivity contribution in [3.63, 3.8) is 0 Å². The SMILES string of the molecule is CCCCN(CC)C(=O)CCc1cc(OC)ccc1OC. The van der Waals surface area contributed by atoms with Gasteiger partial charge in [-0.1, -0.05) is 13.3 Å². The Kier molecular flexibility index (Phi) is 7.65. The van der Waals surface area contributed by atoms with Gasteiger partial charge in [0.2, 0.25) is 5.91 Å². The number of methoxy groups -OCH3 is 2. The monoisotopic (exact) mass is 293 g/mol. The van der Waals surface area contributed by atoms with Crippen LogP contribution in [0.4, 0.5) is 0 Å². The molecule has 1 rings (SSSR count). The third-order valence-corrected chi connectivity index (χ3v) is 3.61. The highest BCUT2D eigenvalue weighted by Crippen LogP contribution is 2.25. The predicted octanol–water partition coefficient (Wildman–Crippen LogP) is 3.29. The number of carbonyl (C=O) groups excluding carboxylic acids is 1. The molecule has 0 aliphatic heterocycles. The van der Waals surface area contributed by atoms with Crippen molar-refractivity contribution in [3.8, 4) is 11.5 Å². The van der Waals surface area contributed by atoms with Crippen LogP contribution in [0.1, 0.15) is 38.7 Å². The Morgan fingerprint density at radius 1 is 1.19 bits per heavy atom. The third-order valence-electron chi connectivity index (χ3n) is 3.61. The Balaban J connectivity index is 2.66. The Hall–Kier alpha value is -1.71. The highest BCUT2D eigenvalue weighted by Gasteiger charge is 2.13. The lowest BCUT2D eigenvalue weighted by molar-refractivity contribution is -0.131. The molecule has 0 atom stereocenters. The zero-order valence-corrected chi connectivity index (χ0v) is 13.6. The molecule has 1 amide bonds. The van der Waals surface area contributed by atoms with Gasteiger partial charge in [0.15, 0.2) is 0 Å². The van der Waals surface area contributed by atoms with Gasteiger partial charge in [0, 0.05) is 19.5 Å². The highest BCUT2D eigenvalue weighted by atomic mass is 16.5. The second-order valence-electron chi connectivity index (χ2n) is 5.00. The number of aryl methyl sites for hydroxylation is 1. The molecule has 0 aromatic heterocycles. The van der Waals surface area contributed by atoms with Gasteiger partial charge in [0.05, 0.1) is 14.2 Å². The van der Waals surface area contributed by atoms with Gasteiger partial charge in [0.1, 0.15) is 11.5 Å². The van der Waals surface area contributed by atoms with Gasteiger partial charge >= 0.3 is 0 Å². The summed E-state index contributed by atoms with van der Waals surface area (Å²) in [5.41, 5.74) is 1.01. The maximum absolute atomic E-state index is 12.3. The zero-order chi connectivity index (χ0) is 15.7. The van der Waals surface area contributed by atoms with Crippen molar-refractivity contribution in [2.75, 3.05) is 27.3 Å². The van der Waals surface area contributed by atoms with E-state index in [1.54, 1.807) is 14.2 Å². The topological polar surface area (TPSA) is 38.8 Å². The second kappa shape index (κ2) is 9.27. The summed E-state index contributed by atoms with van der Waals surface area (Å²) in [6.07, 6.45) is 3.33. The molecule has 0 spiro atoms. The normalized spacial score (nSPS) is 10.3. The first-order valence-electron chi connectivity index (χ1n) is 7.64. The van der Waals surface area contributed by atoms with Crippen LogP contribution in [0, 0.1) is 0 Å². The summed E-state index contributed by atoms with van der Waals surface area (Å²) in [6.45, 7) is 5.79. The molecule has 0 aliphatic carbocycles. The summed E-state index contributed by atoms with van der Waals surface area (Å²) in [6, 6.07) is 5.69. The lowest BCUT2D eigenvalue weighted by atomic mass is 10.1. The fourth-order valence-corrected chi connectivity index (χ4v) is 2.29. The number of ether oxygens (including phenoxy) is 2. The van der Waals surface area contributed by atoms with Crippen LogP contribution in [0.2, 0.25) is 0 Å². The summed E-state index contributed by atoms with van der Waals surface area (Å²) in [4.78, 5) is 14.2. The molecule has 0 fully saturated rings. The molecule has 4 heteroatoms. The number of benzene rings is 1. The maximum atomic E-state index is 12.3. The van der Waals surface area contributed by atoms with E-state index >= 15 is 0 Å². The van der Waals surface area contributed by atoms with E-state index < -0.39 is 0 Å². The maximum Gasteiger partial charge on any atom is 0.222 e. The van der Waals surface area contributed by atoms with E-state index in [1.165, 1.54) is 0 Å². The summed E-state index contributed by atoms with van der Waals surface area (Å²) in [7, 11) is 3.28. The molecule has 0 unspecified atom stereocenters. The molecule has 0 saturated heterocycles. The van der Waals surface area contributed by atoms with Gasteiger partial charge in [-0.25, -0.2) is 0 Å². The molecule has 118 valence electrons. The van der Waals surface area contributed by atoms with Crippen molar-refractivity contribution in [3.05, 3.63) is 23.8 Å². The zero-order valence-electron chi connectivity index (χ0n) is 13.6. The van der Waals surface area contributed by atoms with Gasteiger partial charge in [0.25, 0.3) is 0 Å².